The molecule has 0 saturated heterocycles. The van der Waals surface area contributed by atoms with Gasteiger partial charge in [-0.15, -0.1) is 10.2 Å². The first kappa shape index (κ1) is 21.8. The van der Waals surface area contributed by atoms with Crippen LogP contribution in [0.1, 0.15) is 10.4 Å². The molecule has 0 aliphatic rings. The van der Waals surface area contributed by atoms with E-state index in [1.165, 1.54) is 20.3 Å². The summed E-state index contributed by atoms with van der Waals surface area (Å²) in [6.45, 7) is -0.368. The largest absolute Gasteiger partial charge is 0.493 e. The molecule has 1 aromatic heterocycles. The summed E-state index contributed by atoms with van der Waals surface area (Å²) in [5.41, 5.74) is 1.02. The zero-order valence-electron chi connectivity index (χ0n) is 15.8. The average molecular weight is 540 g/mol. The fourth-order valence-electron chi connectivity index (χ4n) is 2.67. The van der Waals surface area contributed by atoms with Crippen LogP contribution < -0.4 is 14.8 Å². The lowest BCUT2D eigenvalue weighted by molar-refractivity contribution is -0.117. The van der Waals surface area contributed by atoms with Crippen LogP contribution in [-0.2, 0) is 4.79 Å². The van der Waals surface area contributed by atoms with Crippen LogP contribution in [0.15, 0.2) is 49.5 Å². The molecule has 0 radical (unpaired) electrons. The Morgan fingerprint density at radius 3 is 2.57 bits per heavy atom. The summed E-state index contributed by atoms with van der Waals surface area (Å²) < 4.78 is 11.7. The molecule has 1 heterocycles. The molecule has 156 valence electrons. The molecule has 0 aliphatic heterocycles. The van der Waals surface area contributed by atoms with Crippen molar-refractivity contribution >= 4 is 60.3 Å². The molecule has 0 aliphatic carbocycles. The molecule has 9 nitrogen and oxygen atoms in total. The van der Waals surface area contributed by atoms with E-state index in [9.17, 15) is 14.7 Å². The number of nitrogens with one attached hydrogen (secondary N) is 2. The van der Waals surface area contributed by atoms with E-state index in [1.54, 1.807) is 24.3 Å². The van der Waals surface area contributed by atoms with E-state index in [4.69, 9.17) is 9.47 Å². The van der Waals surface area contributed by atoms with Gasteiger partial charge in [0.1, 0.15) is 6.54 Å². The molecule has 2 aromatic carbocycles. The molecule has 0 unspecified atom stereocenters. The van der Waals surface area contributed by atoms with E-state index >= 15 is 0 Å². The molecule has 3 rings (SSSR count). The van der Waals surface area contributed by atoms with Gasteiger partial charge in [-0.05, 0) is 46.3 Å². The quantitative estimate of drug-likeness (QED) is 0.399. The van der Waals surface area contributed by atoms with Crippen LogP contribution in [0, 0.1) is 0 Å². The number of hydrogen-bond donors (Lipinski definition) is 3. The highest BCUT2D eigenvalue weighted by Crippen LogP contribution is 2.40. The molecule has 0 bridgehead atoms. The van der Waals surface area contributed by atoms with E-state index in [2.05, 4.69) is 52.4 Å². The number of carbonyl (C=O) groups excluding carboxylic acids is 2. The molecule has 2 amide bonds. The maximum atomic E-state index is 12.3. The van der Waals surface area contributed by atoms with Crippen molar-refractivity contribution in [2.75, 3.05) is 20.8 Å². The van der Waals surface area contributed by atoms with Gasteiger partial charge in [0.15, 0.2) is 17.2 Å². The van der Waals surface area contributed by atoms with Crippen LogP contribution in [0.4, 0.5) is 5.69 Å². The summed E-state index contributed by atoms with van der Waals surface area (Å²) in [7, 11) is 2.95. The first-order valence-corrected chi connectivity index (χ1v) is 10.1. The van der Waals surface area contributed by atoms with E-state index < -0.39 is 11.8 Å². The smallest absolute Gasteiger partial charge is 0.283 e. The van der Waals surface area contributed by atoms with E-state index in [0.29, 0.717) is 32.4 Å². The lowest BCUT2D eigenvalue weighted by atomic mass is 10.2. The second kappa shape index (κ2) is 9.26. The number of fused-ring (bicyclic) bond motifs is 1. The summed E-state index contributed by atoms with van der Waals surface area (Å²) in [4.78, 5) is 27.1. The third kappa shape index (κ3) is 4.62. The lowest BCUT2D eigenvalue weighted by Crippen LogP contribution is -2.28. The summed E-state index contributed by atoms with van der Waals surface area (Å²) in [5, 5.41) is 20.5. The third-order valence-corrected chi connectivity index (χ3v) is 5.17. The van der Waals surface area contributed by atoms with Gasteiger partial charge >= 0.3 is 0 Å². The van der Waals surface area contributed by atoms with Gasteiger partial charge in [-0.25, -0.2) is 0 Å². The molecule has 0 atom stereocenters. The highest BCUT2D eigenvalue weighted by atomic mass is 79.9. The number of carbonyl (C=O) groups is 2. The van der Waals surface area contributed by atoms with Gasteiger partial charge < -0.3 is 24.9 Å². The Hall–Kier alpha value is -2.92. The van der Waals surface area contributed by atoms with Crippen molar-refractivity contribution in [3.8, 4) is 17.4 Å². The lowest BCUT2D eigenvalue weighted by Gasteiger charge is -2.09. The number of ether oxygens (including phenoxy) is 2. The number of aromatic nitrogens is 1. The molecule has 3 N–H and O–H groups in total. The minimum atomic E-state index is -0.688. The van der Waals surface area contributed by atoms with Gasteiger partial charge in [-0.3, -0.25) is 9.59 Å². The molecule has 0 fully saturated rings. The normalized spacial score (nSPS) is 11.1. The number of aromatic amines is 1. The Kier molecular flexibility index (Phi) is 6.73. The zero-order chi connectivity index (χ0) is 21.8. The Bertz CT molecular complexity index is 1160. The monoisotopic (exact) mass is 538 g/mol. The van der Waals surface area contributed by atoms with Crippen molar-refractivity contribution in [1.29, 1.82) is 0 Å². The standard InChI is InChI=1S/C19H16Br2N4O5/c1-29-13-4-3-9(5-14(13)30-2)18(27)22-8-15(26)24-25-17-11-6-10(20)7-12(21)16(11)23-19(17)28/h3-7,23,28H,8H2,1-2H3,(H,22,27). The van der Waals surface area contributed by atoms with Gasteiger partial charge in [0, 0.05) is 19.9 Å². The Morgan fingerprint density at radius 2 is 1.87 bits per heavy atom. The van der Waals surface area contributed by atoms with Crippen molar-refractivity contribution in [3.05, 3.63) is 44.8 Å². The highest BCUT2D eigenvalue weighted by Gasteiger charge is 2.15. The minimum Gasteiger partial charge on any atom is -0.493 e. The van der Waals surface area contributed by atoms with Gasteiger partial charge in [0.25, 0.3) is 11.8 Å². The van der Waals surface area contributed by atoms with E-state index in [-0.39, 0.29) is 18.1 Å². The number of benzene rings is 2. The fourth-order valence-corrected chi connectivity index (χ4v) is 3.99. The van der Waals surface area contributed by atoms with Crippen molar-refractivity contribution in [1.82, 2.24) is 10.3 Å². The summed E-state index contributed by atoms with van der Waals surface area (Å²) >= 11 is 6.74. The summed E-state index contributed by atoms with van der Waals surface area (Å²) in [5.74, 6) is -0.525. The SMILES string of the molecule is COc1ccc(C(=O)NCC(=O)N=Nc2c(O)[nH]c3c(Br)cc(Br)cc23)cc1OC. The molecule has 11 heteroatoms. The van der Waals surface area contributed by atoms with Crippen molar-refractivity contribution in [2.24, 2.45) is 10.2 Å². The summed E-state index contributed by atoms with van der Waals surface area (Å²) in [6.07, 6.45) is 0. The van der Waals surface area contributed by atoms with Crippen LogP contribution in [0.2, 0.25) is 0 Å². The predicted molar refractivity (Wildman–Crippen MR) is 117 cm³/mol. The first-order valence-electron chi connectivity index (χ1n) is 8.48. The molecule has 30 heavy (non-hydrogen) atoms. The Labute approximate surface area is 187 Å². The second-order valence-electron chi connectivity index (χ2n) is 5.98. The topological polar surface area (TPSA) is 125 Å². The van der Waals surface area contributed by atoms with Gasteiger partial charge in [0.2, 0.25) is 5.88 Å². The van der Waals surface area contributed by atoms with Crippen molar-refractivity contribution in [2.45, 2.75) is 0 Å². The van der Waals surface area contributed by atoms with Gasteiger partial charge in [-0.2, -0.15) is 0 Å². The van der Waals surface area contributed by atoms with Crippen molar-refractivity contribution < 1.29 is 24.2 Å². The van der Waals surface area contributed by atoms with Gasteiger partial charge in [-0.1, -0.05) is 15.9 Å². The van der Waals surface area contributed by atoms with Crippen LogP contribution >= 0.6 is 31.9 Å². The van der Waals surface area contributed by atoms with E-state index in [0.717, 1.165) is 4.47 Å². The van der Waals surface area contributed by atoms with Crippen molar-refractivity contribution in [3.63, 3.8) is 0 Å². The Morgan fingerprint density at radius 1 is 1.13 bits per heavy atom. The number of aromatic hydroxyl groups is 1. The van der Waals surface area contributed by atoms with Gasteiger partial charge in [0.05, 0.1) is 19.7 Å². The first-order chi connectivity index (χ1) is 14.3. The number of rotatable bonds is 6. The molecular formula is C19H16Br2N4O5. The number of azo groups is 1. The number of hydrogen-bond acceptors (Lipinski definition) is 6. The Balaban J connectivity index is 1.69. The fraction of sp³-hybridized carbons (Fsp3) is 0.158. The molecule has 0 spiro atoms. The molecule has 0 saturated carbocycles. The van der Waals surface area contributed by atoms with Crippen LogP contribution in [0.3, 0.4) is 0 Å². The average Bonchev–Trinajstić information content (AvgIpc) is 3.05. The van der Waals surface area contributed by atoms with Crippen LogP contribution in [0.5, 0.6) is 17.4 Å². The maximum absolute atomic E-state index is 12.3. The maximum Gasteiger partial charge on any atom is 0.283 e. The number of H-pyrrole nitrogens is 1. The minimum absolute atomic E-state index is 0.117. The number of nitrogens with zero attached hydrogens (tertiary/aromatic N) is 2. The van der Waals surface area contributed by atoms with E-state index in [1.807, 2.05) is 0 Å². The third-order valence-electron chi connectivity index (χ3n) is 4.09. The second-order valence-corrected chi connectivity index (χ2v) is 7.75. The highest BCUT2D eigenvalue weighted by molar-refractivity contribution is 9.11. The molecular weight excluding hydrogens is 524 g/mol. The van der Waals surface area contributed by atoms with Crippen LogP contribution in [0.25, 0.3) is 10.9 Å². The molecule has 3 aromatic rings. The zero-order valence-corrected chi connectivity index (χ0v) is 19.0. The predicted octanol–water partition coefficient (Wildman–Crippen LogP) is 4.46. The number of amides is 2. The number of halogens is 2. The van der Waals surface area contributed by atoms with Crippen LogP contribution in [-0.4, -0.2) is 42.7 Å². The number of methoxy groups -OCH3 is 2. The summed E-state index contributed by atoms with van der Waals surface area (Å²) in [6, 6.07) is 8.16.